The molecule has 0 bridgehead atoms. The van der Waals surface area contributed by atoms with Crippen LogP contribution in [0, 0.1) is 5.41 Å². The highest BCUT2D eigenvalue weighted by molar-refractivity contribution is 6.31. The number of hydrogen-bond donors (Lipinski definition) is 0. The number of methoxy groups -OCH3 is 1. The van der Waals surface area contributed by atoms with Crippen molar-refractivity contribution >= 4 is 17.6 Å². The summed E-state index contributed by atoms with van der Waals surface area (Å²) < 4.78 is 4.83. The van der Waals surface area contributed by atoms with Crippen LogP contribution in [0.25, 0.3) is 0 Å². The van der Waals surface area contributed by atoms with Crippen LogP contribution in [0.2, 0.25) is 5.02 Å². The predicted octanol–water partition coefficient (Wildman–Crippen LogP) is 3.53. The van der Waals surface area contributed by atoms with E-state index in [2.05, 4.69) is 11.8 Å². The fourth-order valence-electron chi connectivity index (χ4n) is 2.15. The molecule has 1 rings (SSSR count). The van der Waals surface area contributed by atoms with E-state index in [0.29, 0.717) is 6.54 Å². The Labute approximate surface area is 120 Å². The lowest BCUT2D eigenvalue weighted by Crippen LogP contribution is -2.39. The van der Waals surface area contributed by atoms with E-state index in [1.807, 2.05) is 45.2 Å². The van der Waals surface area contributed by atoms with Gasteiger partial charge in [0.25, 0.3) is 0 Å². The van der Waals surface area contributed by atoms with Gasteiger partial charge in [0.05, 0.1) is 12.5 Å². The first-order valence-corrected chi connectivity index (χ1v) is 6.70. The number of esters is 1. The van der Waals surface area contributed by atoms with Gasteiger partial charge in [-0.05, 0) is 39.4 Å². The zero-order chi connectivity index (χ0) is 14.6. The Hall–Kier alpha value is -1.06. The van der Waals surface area contributed by atoms with Crippen molar-refractivity contribution in [1.82, 2.24) is 4.90 Å². The zero-order valence-electron chi connectivity index (χ0n) is 12.2. The van der Waals surface area contributed by atoms with Crippen LogP contribution in [-0.4, -0.2) is 31.6 Å². The minimum atomic E-state index is -0.543. The highest BCUT2D eigenvalue weighted by Gasteiger charge is 2.31. The van der Waals surface area contributed by atoms with Crippen LogP contribution in [0.15, 0.2) is 24.3 Å². The van der Waals surface area contributed by atoms with Gasteiger partial charge in [-0.25, -0.2) is 0 Å². The molecule has 0 saturated carbocycles. The van der Waals surface area contributed by atoms with Crippen molar-refractivity contribution in [3.63, 3.8) is 0 Å². The highest BCUT2D eigenvalue weighted by atomic mass is 35.5. The molecule has 0 amide bonds. The standard InChI is InChI=1S/C15H22ClNO2/c1-11(12-8-6-7-9-13(12)16)17(4)10-15(2,3)14(18)19-5/h6-9,11H,10H2,1-5H3. The third-order valence-corrected chi connectivity index (χ3v) is 3.74. The number of hydrogen-bond acceptors (Lipinski definition) is 3. The van der Waals surface area contributed by atoms with Crippen molar-refractivity contribution in [2.45, 2.75) is 26.8 Å². The van der Waals surface area contributed by atoms with Crippen molar-refractivity contribution in [2.24, 2.45) is 5.41 Å². The first-order valence-electron chi connectivity index (χ1n) is 6.32. The monoisotopic (exact) mass is 283 g/mol. The summed E-state index contributed by atoms with van der Waals surface area (Å²) in [4.78, 5) is 13.8. The summed E-state index contributed by atoms with van der Waals surface area (Å²) in [6, 6.07) is 7.91. The minimum Gasteiger partial charge on any atom is -0.469 e. The van der Waals surface area contributed by atoms with Crippen LogP contribution in [0.1, 0.15) is 32.4 Å². The van der Waals surface area contributed by atoms with Gasteiger partial charge in [-0.15, -0.1) is 0 Å². The summed E-state index contributed by atoms with van der Waals surface area (Å²) in [6.07, 6.45) is 0. The fourth-order valence-corrected chi connectivity index (χ4v) is 2.45. The molecule has 0 radical (unpaired) electrons. The second-order valence-electron chi connectivity index (χ2n) is 5.49. The summed E-state index contributed by atoms with van der Waals surface area (Å²) in [5.74, 6) is -0.203. The first kappa shape index (κ1) is 16.0. The SMILES string of the molecule is COC(=O)C(C)(C)CN(C)C(C)c1ccccc1Cl. The van der Waals surface area contributed by atoms with Gasteiger partial charge < -0.3 is 4.74 Å². The molecular formula is C15H22ClNO2. The van der Waals surface area contributed by atoms with Crippen LogP contribution in [0.5, 0.6) is 0 Å². The molecule has 0 heterocycles. The molecule has 1 atom stereocenters. The molecule has 0 aliphatic heterocycles. The smallest absolute Gasteiger partial charge is 0.312 e. The Morgan fingerprint density at radius 3 is 2.53 bits per heavy atom. The van der Waals surface area contributed by atoms with E-state index in [1.165, 1.54) is 7.11 Å². The van der Waals surface area contributed by atoms with Gasteiger partial charge in [-0.2, -0.15) is 0 Å². The molecular weight excluding hydrogens is 262 g/mol. The van der Waals surface area contributed by atoms with E-state index in [1.54, 1.807) is 0 Å². The average molecular weight is 284 g/mol. The van der Waals surface area contributed by atoms with Gasteiger partial charge in [0, 0.05) is 17.6 Å². The van der Waals surface area contributed by atoms with E-state index in [9.17, 15) is 4.79 Å². The summed E-state index contributed by atoms with van der Waals surface area (Å²) in [5.41, 5.74) is 0.520. The second-order valence-corrected chi connectivity index (χ2v) is 5.90. The number of rotatable bonds is 5. The number of benzene rings is 1. The third-order valence-electron chi connectivity index (χ3n) is 3.40. The topological polar surface area (TPSA) is 29.5 Å². The normalized spacial score (nSPS) is 13.4. The molecule has 0 aliphatic carbocycles. The molecule has 1 unspecified atom stereocenters. The maximum atomic E-state index is 11.7. The second kappa shape index (κ2) is 6.40. The average Bonchev–Trinajstić information content (AvgIpc) is 2.36. The summed E-state index contributed by atoms with van der Waals surface area (Å²) in [6.45, 7) is 6.45. The van der Waals surface area contributed by atoms with Crippen LogP contribution < -0.4 is 0 Å². The van der Waals surface area contributed by atoms with E-state index in [4.69, 9.17) is 16.3 Å². The molecule has 0 spiro atoms. The highest BCUT2D eigenvalue weighted by Crippen LogP contribution is 2.29. The number of nitrogens with zero attached hydrogens (tertiary/aromatic N) is 1. The predicted molar refractivity (Wildman–Crippen MR) is 78.3 cm³/mol. The number of halogens is 1. The molecule has 1 aromatic carbocycles. The molecule has 0 N–H and O–H groups in total. The van der Waals surface area contributed by atoms with Gasteiger partial charge >= 0.3 is 5.97 Å². The molecule has 1 aromatic rings. The quantitative estimate of drug-likeness (QED) is 0.774. The van der Waals surface area contributed by atoms with Crippen LogP contribution in [0.3, 0.4) is 0 Å². The number of carbonyl (C=O) groups excluding carboxylic acids is 1. The minimum absolute atomic E-state index is 0.137. The first-order chi connectivity index (χ1) is 8.79. The van der Waals surface area contributed by atoms with Crippen molar-refractivity contribution in [1.29, 1.82) is 0 Å². The molecule has 19 heavy (non-hydrogen) atoms. The number of carbonyl (C=O) groups is 1. The Kier molecular flexibility index (Phi) is 5.39. The van der Waals surface area contributed by atoms with E-state index >= 15 is 0 Å². The molecule has 0 aliphatic rings. The lowest BCUT2D eigenvalue weighted by Gasteiger charge is -2.32. The Bertz CT molecular complexity index is 446. The Morgan fingerprint density at radius 1 is 1.42 bits per heavy atom. The fraction of sp³-hybridized carbons (Fsp3) is 0.533. The molecule has 4 heteroatoms. The molecule has 0 saturated heterocycles. The van der Waals surface area contributed by atoms with Crippen molar-refractivity contribution in [3.05, 3.63) is 34.9 Å². The van der Waals surface area contributed by atoms with E-state index < -0.39 is 5.41 Å². The maximum absolute atomic E-state index is 11.7. The third kappa shape index (κ3) is 3.95. The zero-order valence-corrected chi connectivity index (χ0v) is 13.0. The molecule has 0 aromatic heterocycles. The van der Waals surface area contributed by atoms with Crippen molar-refractivity contribution < 1.29 is 9.53 Å². The number of ether oxygens (including phenoxy) is 1. The van der Waals surface area contributed by atoms with Crippen LogP contribution in [0.4, 0.5) is 0 Å². The van der Waals surface area contributed by atoms with Crippen molar-refractivity contribution in [2.75, 3.05) is 20.7 Å². The van der Waals surface area contributed by atoms with Crippen LogP contribution >= 0.6 is 11.6 Å². The molecule has 0 fully saturated rings. The lowest BCUT2D eigenvalue weighted by atomic mass is 9.92. The van der Waals surface area contributed by atoms with Gasteiger partial charge in [0.15, 0.2) is 0 Å². The van der Waals surface area contributed by atoms with Gasteiger partial charge in [0.1, 0.15) is 0 Å². The van der Waals surface area contributed by atoms with Gasteiger partial charge in [-0.3, -0.25) is 9.69 Å². The molecule has 106 valence electrons. The Balaban J connectivity index is 2.81. The summed E-state index contributed by atoms with van der Waals surface area (Å²) >= 11 is 6.21. The summed E-state index contributed by atoms with van der Waals surface area (Å²) in [5, 5.41) is 0.748. The van der Waals surface area contributed by atoms with Gasteiger partial charge in [-0.1, -0.05) is 29.8 Å². The Morgan fingerprint density at radius 2 is 2.00 bits per heavy atom. The van der Waals surface area contributed by atoms with E-state index in [-0.39, 0.29) is 12.0 Å². The summed E-state index contributed by atoms with van der Waals surface area (Å²) in [7, 11) is 3.40. The largest absolute Gasteiger partial charge is 0.469 e. The lowest BCUT2D eigenvalue weighted by molar-refractivity contribution is -0.151. The van der Waals surface area contributed by atoms with Gasteiger partial charge in [0.2, 0.25) is 0 Å². The molecule has 3 nitrogen and oxygen atoms in total. The maximum Gasteiger partial charge on any atom is 0.312 e. The van der Waals surface area contributed by atoms with Crippen molar-refractivity contribution in [3.8, 4) is 0 Å². The van der Waals surface area contributed by atoms with Crippen LogP contribution in [-0.2, 0) is 9.53 Å². The van der Waals surface area contributed by atoms with E-state index in [0.717, 1.165) is 10.6 Å².